The van der Waals surface area contributed by atoms with Crippen LogP contribution in [0.5, 0.6) is 5.75 Å². The van der Waals surface area contributed by atoms with Crippen LogP contribution in [0.2, 0.25) is 0 Å². The van der Waals surface area contributed by atoms with Crippen LogP contribution in [-0.2, 0) is 4.74 Å². The third kappa shape index (κ3) is 5.01. The lowest BCUT2D eigenvalue weighted by Crippen LogP contribution is -2.28. The molecule has 0 saturated heterocycles. The SMILES string of the molecule is COCC(O)CCNC(=O)c1ccc([N+](=O)[O-])cc1OC. The Balaban J connectivity index is 2.67. The fraction of sp³-hybridized carbons (Fsp3) is 0.462. The Labute approximate surface area is 121 Å². The van der Waals surface area contributed by atoms with Gasteiger partial charge in [0.1, 0.15) is 5.75 Å². The zero-order valence-electron chi connectivity index (χ0n) is 11.9. The molecule has 2 N–H and O–H groups in total. The molecular weight excluding hydrogens is 280 g/mol. The molecular formula is C13H18N2O6. The first-order chi connectivity index (χ1) is 9.99. The number of nitro groups is 1. The smallest absolute Gasteiger partial charge is 0.273 e. The molecule has 0 aliphatic heterocycles. The van der Waals surface area contributed by atoms with Crippen molar-refractivity contribution in [3.05, 3.63) is 33.9 Å². The average Bonchev–Trinajstić information content (AvgIpc) is 2.46. The molecule has 8 nitrogen and oxygen atoms in total. The van der Waals surface area contributed by atoms with E-state index in [2.05, 4.69) is 5.32 Å². The number of hydrogen-bond acceptors (Lipinski definition) is 6. The zero-order chi connectivity index (χ0) is 15.8. The normalized spacial score (nSPS) is 11.8. The molecule has 1 rings (SSSR count). The number of carbonyl (C=O) groups excluding carboxylic acids is 1. The van der Waals surface area contributed by atoms with Crippen LogP contribution in [0.25, 0.3) is 0 Å². The van der Waals surface area contributed by atoms with Crippen molar-refractivity contribution < 1.29 is 24.3 Å². The second-order valence-corrected chi connectivity index (χ2v) is 4.30. The molecule has 8 heteroatoms. The zero-order valence-corrected chi connectivity index (χ0v) is 11.9. The number of methoxy groups -OCH3 is 2. The standard InChI is InChI=1S/C13H18N2O6/c1-20-8-10(16)5-6-14-13(17)11-4-3-9(15(18)19)7-12(11)21-2/h3-4,7,10,16H,5-6,8H2,1-2H3,(H,14,17). The van der Waals surface area contributed by atoms with Crippen molar-refractivity contribution in [3.63, 3.8) is 0 Å². The van der Waals surface area contributed by atoms with Crippen molar-refractivity contribution >= 4 is 11.6 Å². The number of hydrogen-bond donors (Lipinski definition) is 2. The van der Waals surface area contributed by atoms with Gasteiger partial charge in [0.15, 0.2) is 0 Å². The first-order valence-corrected chi connectivity index (χ1v) is 6.27. The minimum Gasteiger partial charge on any atom is -0.496 e. The van der Waals surface area contributed by atoms with Gasteiger partial charge in [-0.25, -0.2) is 0 Å². The quantitative estimate of drug-likeness (QED) is 0.540. The maximum Gasteiger partial charge on any atom is 0.273 e. The third-order valence-corrected chi connectivity index (χ3v) is 2.76. The summed E-state index contributed by atoms with van der Waals surface area (Å²) >= 11 is 0. The first-order valence-electron chi connectivity index (χ1n) is 6.27. The van der Waals surface area contributed by atoms with Gasteiger partial charge in [-0.1, -0.05) is 0 Å². The van der Waals surface area contributed by atoms with Crippen LogP contribution < -0.4 is 10.1 Å². The first kappa shape index (κ1) is 16.9. The summed E-state index contributed by atoms with van der Waals surface area (Å²) in [5, 5.41) is 22.7. The highest BCUT2D eigenvalue weighted by molar-refractivity contribution is 5.97. The van der Waals surface area contributed by atoms with Crippen molar-refractivity contribution in [1.29, 1.82) is 0 Å². The molecule has 0 aromatic heterocycles. The molecule has 21 heavy (non-hydrogen) atoms. The van der Waals surface area contributed by atoms with Crippen LogP contribution in [0.1, 0.15) is 16.8 Å². The van der Waals surface area contributed by atoms with Crippen molar-refractivity contribution in [1.82, 2.24) is 5.32 Å². The number of non-ortho nitro benzene ring substituents is 1. The van der Waals surface area contributed by atoms with Crippen molar-refractivity contribution in [2.45, 2.75) is 12.5 Å². The second kappa shape index (κ2) is 8.18. The van der Waals surface area contributed by atoms with Gasteiger partial charge in [-0.3, -0.25) is 14.9 Å². The van der Waals surface area contributed by atoms with Crippen LogP contribution in [0, 0.1) is 10.1 Å². The maximum absolute atomic E-state index is 12.0. The van der Waals surface area contributed by atoms with E-state index in [-0.39, 0.29) is 30.2 Å². The topological polar surface area (TPSA) is 111 Å². The summed E-state index contributed by atoms with van der Waals surface area (Å²) < 4.78 is 9.76. The third-order valence-electron chi connectivity index (χ3n) is 2.76. The van der Waals surface area contributed by atoms with E-state index in [1.165, 1.54) is 32.4 Å². The lowest BCUT2D eigenvalue weighted by Gasteiger charge is -2.11. The molecule has 1 amide bonds. The van der Waals surface area contributed by atoms with Gasteiger partial charge in [-0.15, -0.1) is 0 Å². The highest BCUT2D eigenvalue weighted by Crippen LogP contribution is 2.24. The molecule has 0 heterocycles. The lowest BCUT2D eigenvalue weighted by atomic mass is 10.1. The van der Waals surface area contributed by atoms with E-state index in [1.807, 2.05) is 0 Å². The van der Waals surface area contributed by atoms with E-state index in [1.54, 1.807) is 0 Å². The fourth-order valence-electron chi connectivity index (χ4n) is 1.70. The molecule has 1 aromatic carbocycles. The second-order valence-electron chi connectivity index (χ2n) is 4.30. The Bertz CT molecular complexity index is 505. The van der Waals surface area contributed by atoms with Gasteiger partial charge in [0, 0.05) is 19.7 Å². The Hall–Kier alpha value is -2.19. The fourth-order valence-corrected chi connectivity index (χ4v) is 1.70. The van der Waals surface area contributed by atoms with Gasteiger partial charge < -0.3 is 19.9 Å². The summed E-state index contributed by atoms with van der Waals surface area (Å²) in [4.78, 5) is 22.1. The van der Waals surface area contributed by atoms with Crippen LogP contribution in [0.3, 0.4) is 0 Å². The highest BCUT2D eigenvalue weighted by Gasteiger charge is 2.16. The molecule has 1 unspecified atom stereocenters. The van der Waals surface area contributed by atoms with E-state index < -0.39 is 16.9 Å². The Morgan fingerprint density at radius 2 is 2.19 bits per heavy atom. The Kier molecular flexibility index (Phi) is 6.57. The molecule has 0 spiro atoms. The number of ether oxygens (including phenoxy) is 2. The van der Waals surface area contributed by atoms with Crippen LogP contribution >= 0.6 is 0 Å². The lowest BCUT2D eigenvalue weighted by molar-refractivity contribution is -0.384. The number of benzene rings is 1. The largest absolute Gasteiger partial charge is 0.496 e. The monoisotopic (exact) mass is 298 g/mol. The van der Waals surface area contributed by atoms with Gasteiger partial charge in [-0.2, -0.15) is 0 Å². The van der Waals surface area contributed by atoms with E-state index in [4.69, 9.17) is 9.47 Å². The summed E-state index contributed by atoms with van der Waals surface area (Å²) in [5.74, 6) is -0.300. The highest BCUT2D eigenvalue weighted by atomic mass is 16.6. The average molecular weight is 298 g/mol. The number of carbonyl (C=O) groups is 1. The van der Waals surface area contributed by atoms with Gasteiger partial charge >= 0.3 is 0 Å². The summed E-state index contributed by atoms with van der Waals surface area (Å²) in [6.45, 7) is 0.445. The van der Waals surface area contributed by atoms with Gasteiger partial charge in [0.2, 0.25) is 0 Å². The minimum absolute atomic E-state index is 0.124. The summed E-state index contributed by atoms with van der Waals surface area (Å²) in [5.41, 5.74) is 0.0447. The molecule has 0 radical (unpaired) electrons. The van der Waals surface area contributed by atoms with E-state index in [0.717, 1.165) is 0 Å². The molecule has 0 fully saturated rings. The molecule has 0 aliphatic rings. The maximum atomic E-state index is 12.0. The van der Waals surface area contributed by atoms with Crippen LogP contribution in [-0.4, -0.2) is 49.4 Å². The van der Waals surface area contributed by atoms with E-state index in [9.17, 15) is 20.0 Å². The molecule has 1 aromatic rings. The number of aliphatic hydroxyl groups is 1. The van der Waals surface area contributed by atoms with Gasteiger partial charge in [-0.05, 0) is 12.5 Å². The van der Waals surface area contributed by atoms with E-state index >= 15 is 0 Å². The number of nitrogens with zero attached hydrogens (tertiary/aromatic N) is 1. The summed E-state index contributed by atoms with van der Waals surface area (Å²) in [7, 11) is 2.81. The Morgan fingerprint density at radius 3 is 2.76 bits per heavy atom. The summed E-state index contributed by atoms with van der Waals surface area (Å²) in [6.07, 6.45) is -0.316. The molecule has 0 saturated carbocycles. The van der Waals surface area contributed by atoms with Crippen molar-refractivity contribution in [2.24, 2.45) is 0 Å². The molecule has 0 aliphatic carbocycles. The predicted octanol–water partition coefficient (Wildman–Crippen LogP) is 0.731. The number of amides is 1. The number of nitro benzene ring substituents is 1. The molecule has 1 atom stereocenters. The van der Waals surface area contributed by atoms with Crippen molar-refractivity contribution in [3.8, 4) is 5.75 Å². The van der Waals surface area contributed by atoms with Crippen molar-refractivity contribution in [2.75, 3.05) is 27.4 Å². The van der Waals surface area contributed by atoms with Gasteiger partial charge in [0.25, 0.3) is 11.6 Å². The van der Waals surface area contributed by atoms with E-state index in [0.29, 0.717) is 6.42 Å². The molecule has 0 bridgehead atoms. The summed E-state index contributed by atoms with van der Waals surface area (Å²) in [6, 6.07) is 3.75. The number of rotatable bonds is 8. The van der Waals surface area contributed by atoms with Gasteiger partial charge in [0.05, 0.1) is 36.4 Å². The number of aliphatic hydroxyl groups excluding tert-OH is 1. The minimum atomic E-state index is -0.658. The number of nitrogens with one attached hydrogen (secondary N) is 1. The molecule has 116 valence electrons. The predicted molar refractivity (Wildman–Crippen MR) is 74.5 cm³/mol. The van der Waals surface area contributed by atoms with Crippen LogP contribution in [0.4, 0.5) is 5.69 Å². The Morgan fingerprint density at radius 1 is 1.48 bits per heavy atom. The van der Waals surface area contributed by atoms with Crippen LogP contribution in [0.15, 0.2) is 18.2 Å².